The van der Waals surface area contributed by atoms with E-state index in [9.17, 15) is 14.7 Å². The van der Waals surface area contributed by atoms with Crippen molar-refractivity contribution in [2.75, 3.05) is 12.4 Å². The molecular formula is C18H24N3O4+. The van der Waals surface area contributed by atoms with Crippen molar-refractivity contribution in [2.45, 2.75) is 39.5 Å². The van der Waals surface area contributed by atoms with Crippen LogP contribution in [0.4, 0.5) is 5.69 Å². The minimum atomic E-state index is -0.874. The molecule has 0 fully saturated rings. The summed E-state index contributed by atoms with van der Waals surface area (Å²) in [6, 6.07) is 7.41. The van der Waals surface area contributed by atoms with Crippen LogP contribution in [0.25, 0.3) is 4.98 Å². The van der Waals surface area contributed by atoms with Gasteiger partial charge in [0.25, 0.3) is 0 Å². The van der Waals surface area contributed by atoms with Gasteiger partial charge in [-0.15, -0.1) is 0 Å². The van der Waals surface area contributed by atoms with Crippen LogP contribution in [0.3, 0.4) is 0 Å². The smallest absolute Gasteiger partial charge is 0.505 e. The van der Waals surface area contributed by atoms with Crippen molar-refractivity contribution in [3.05, 3.63) is 46.3 Å². The zero-order chi connectivity index (χ0) is 18.8. The molecule has 0 bridgehead atoms. The Kier molecular flexibility index (Phi) is 8.13. The number of diazo groups is 1. The van der Waals surface area contributed by atoms with Crippen molar-refractivity contribution >= 4 is 17.6 Å². The molecule has 25 heavy (non-hydrogen) atoms. The van der Waals surface area contributed by atoms with E-state index >= 15 is 0 Å². The van der Waals surface area contributed by atoms with Crippen molar-refractivity contribution in [3.63, 3.8) is 0 Å². The third-order valence-corrected chi connectivity index (χ3v) is 3.80. The van der Waals surface area contributed by atoms with Crippen molar-refractivity contribution in [1.82, 2.24) is 0 Å². The van der Waals surface area contributed by atoms with Crippen LogP contribution in [-0.2, 0) is 20.7 Å². The minimum Gasteiger partial charge on any atom is -0.505 e. The second-order valence-electron chi connectivity index (χ2n) is 5.73. The topological polar surface area (TPSA) is 104 Å². The third-order valence-electron chi connectivity index (χ3n) is 3.80. The maximum Gasteiger partial charge on any atom is 0.505 e. The number of carbonyl (C=O) groups excluding carboxylic acids is 2. The number of hydrogen-bond donors (Lipinski definition) is 2. The molecule has 1 aromatic carbocycles. The molecule has 0 heterocycles. The van der Waals surface area contributed by atoms with Crippen LogP contribution in [-0.4, -0.2) is 24.1 Å². The van der Waals surface area contributed by atoms with Crippen LogP contribution in [0.1, 0.15) is 38.7 Å². The van der Waals surface area contributed by atoms with E-state index in [-0.39, 0.29) is 17.6 Å². The van der Waals surface area contributed by atoms with Gasteiger partial charge in [-0.3, -0.25) is 4.79 Å². The molecule has 0 aliphatic rings. The summed E-state index contributed by atoms with van der Waals surface area (Å²) in [5, 5.41) is 22.0. The second-order valence-corrected chi connectivity index (χ2v) is 5.73. The van der Waals surface area contributed by atoms with Crippen molar-refractivity contribution in [3.8, 4) is 0 Å². The fraction of sp³-hybridized carbons (Fsp3) is 0.444. The standard InChI is InChI=1S/C18H23N3O4/c1-4-5-14(17(23)16(21-19)18(24)25-3)9-6-13-7-10-15(11-8-13)20-12(2)22/h7-8,10-11,14H,4-6,9H2,1-3H3,(H-,20,22,23,24)/p+1. The monoisotopic (exact) mass is 346 g/mol. The number of amides is 1. The predicted molar refractivity (Wildman–Crippen MR) is 94.2 cm³/mol. The molecule has 0 spiro atoms. The third kappa shape index (κ3) is 6.26. The SMILES string of the molecule is CCCC(CCc1ccc(NC(C)=O)cc1)/C(O)=C(\[N+]#N)C(=O)OC. The number of aryl methyl sites for hydroxylation is 1. The van der Waals surface area contributed by atoms with Crippen molar-refractivity contribution < 1.29 is 19.4 Å². The first-order chi connectivity index (χ1) is 11.9. The van der Waals surface area contributed by atoms with E-state index in [4.69, 9.17) is 5.39 Å². The maximum absolute atomic E-state index is 11.6. The molecule has 0 aliphatic carbocycles. The number of esters is 1. The molecule has 1 rings (SSSR count). The fourth-order valence-corrected chi connectivity index (χ4v) is 2.55. The van der Waals surface area contributed by atoms with Gasteiger partial charge >= 0.3 is 11.7 Å². The number of anilines is 1. The zero-order valence-electron chi connectivity index (χ0n) is 14.8. The van der Waals surface area contributed by atoms with Crippen LogP contribution in [0.15, 0.2) is 35.7 Å². The van der Waals surface area contributed by atoms with E-state index in [1.54, 1.807) is 0 Å². The molecule has 1 aromatic rings. The highest BCUT2D eigenvalue weighted by atomic mass is 16.5. The molecular weight excluding hydrogens is 322 g/mol. The summed E-state index contributed by atoms with van der Waals surface area (Å²) in [6.07, 6.45) is 2.69. The Balaban J connectivity index is 2.85. The lowest BCUT2D eigenvalue weighted by atomic mass is 9.92. The highest BCUT2D eigenvalue weighted by molar-refractivity contribution is 5.90. The summed E-state index contributed by atoms with van der Waals surface area (Å²) in [6.45, 7) is 3.42. The fourth-order valence-electron chi connectivity index (χ4n) is 2.55. The maximum atomic E-state index is 11.6. The summed E-state index contributed by atoms with van der Waals surface area (Å²) in [5.41, 5.74) is 1.29. The Hall–Kier alpha value is -2.88. The number of nitrogens with zero attached hydrogens (tertiary/aromatic N) is 2. The van der Waals surface area contributed by atoms with Crippen LogP contribution < -0.4 is 5.32 Å². The number of aliphatic hydroxyl groups excluding tert-OH is 1. The van der Waals surface area contributed by atoms with Gasteiger partial charge in [0, 0.05) is 18.5 Å². The lowest BCUT2D eigenvalue weighted by molar-refractivity contribution is -0.136. The van der Waals surface area contributed by atoms with Gasteiger partial charge in [-0.2, -0.15) is 0 Å². The lowest BCUT2D eigenvalue weighted by Crippen LogP contribution is -2.13. The lowest BCUT2D eigenvalue weighted by Gasteiger charge is -2.14. The van der Waals surface area contributed by atoms with E-state index < -0.39 is 11.7 Å². The number of carbonyl (C=O) groups is 2. The number of nitrogens with one attached hydrogen (secondary N) is 1. The molecule has 0 aliphatic heterocycles. The molecule has 0 saturated heterocycles. The highest BCUT2D eigenvalue weighted by Gasteiger charge is 2.33. The van der Waals surface area contributed by atoms with E-state index in [1.165, 1.54) is 6.92 Å². The molecule has 0 saturated carbocycles. The molecule has 7 nitrogen and oxygen atoms in total. The van der Waals surface area contributed by atoms with Gasteiger partial charge < -0.3 is 15.2 Å². The van der Waals surface area contributed by atoms with E-state index in [1.807, 2.05) is 31.2 Å². The number of methoxy groups -OCH3 is 1. The predicted octanol–water partition coefficient (Wildman–Crippen LogP) is 3.79. The van der Waals surface area contributed by atoms with Crippen molar-refractivity contribution in [1.29, 1.82) is 5.39 Å². The zero-order valence-corrected chi connectivity index (χ0v) is 14.8. The number of benzene rings is 1. The number of ether oxygens (including phenoxy) is 1. The largest absolute Gasteiger partial charge is 0.505 e. The average molecular weight is 346 g/mol. The summed E-state index contributed by atoms with van der Waals surface area (Å²) >= 11 is 0. The first-order valence-electron chi connectivity index (χ1n) is 8.16. The van der Waals surface area contributed by atoms with Crippen LogP contribution in [0.2, 0.25) is 0 Å². The van der Waals surface area contributed by atoms with Gasteiger partial charge in [-0.05, 0) is 37.0 Å². The summed E-state index contributed by atoms with van der Waals surface area (Å²) in [4.78, 5) is 25.5. The Morgan fingerprint density at radius 2 is 1.92 bits per heavy atom. The molecule has 1 atom stereocenters. The normalized spacial score (nSPS) is 12.6. The molecule has 2 N–H and O–H groups in total. The second kappa shape index (κ2) is 10.1. The summed E-state index contributed by atoms with van der Waals surface area (Å²) in [7, 11) is 1.16. The number of hydrogen-bond acceptors (Lipinski definition) is 5. The van der Waals surface area contributed by atoms with Gasteiger partial charge in [-0.25, -0.2) is 4.79 Å². The van der Waals surface area contributed by atoms with Gasteiger partial charge in [-0.1, -0.05) is 25.5 Å². The first kappa shape index (κ1) is 20.2. The average Bonchev–Trinajstić information content (AvgIpc) is 2.59. The number of aliphatic hydroxyl groups is 1. The summed E-state index contributed by atoms with van der Waals surface area (Å²) in [5.74, 6) is -1.58. The van der Waals surface area contributed by atoms with Crippen LogP contribution in [0, 0.1) is 11.3 Å². The van der Waals surface area contributed by atoms with Crippen molar-refractivity contribution in [2.24, 2.45) is 5.92 Å². The van der Waals surface area contributed by atoms with Crippen LogP contribution >= 0.6 is 0 Å². The molecule has 1 unspecified atom stereocenters. The Bertz CT molecular complexity index is 675. The Labute approximate surface area is 147 Å². The Morgan fingerprint density at radius 3 is 2.40 bits per heavy atom. The van der Waals surface area contributed by atoms with Gasteiger partial charge in [0.05, 0.1) is 7.11 Å². The van der Waals surface area contributed by atoms with Crippen LogP contribution in [0.5, 0.6) is 0 Å². The van der Waals surface area contributed by atoms with Gasteiger partial charge in [0.15, 0.2) is 10.7 Å². The van der Waals surface area contributed by atoms with Gasteiger partial charge in [0.2, 0.25) is 11.3 Å². The first-order valence-corrected chi connectivity index (χ1v) is 8.16. The molecule has 0 radical (unpaired) electrons. The van der Waals surface area contributed by atoms with E-state index in [0.717, 1.165) is 24.8 Å². The van der Waals surface area contributed by atoms with E-state index in [2.05, 4.69) is 15.0 Å². The molecule has 1 amide bonds. The quantitative estimate of drug-likeness (QED) is 0.322. The number of rotatable bonds is 8. The highest BCUT2D eigenvalue weighted by Crippen LogP contribution is 2.25. The molecule has 134 valence electrons. The van der Waals surface area contributed by atoms with E-state index in [0.29, 0.717) is 19.3 Å². The Morgan fingerprint density at radius 1 is 1.28 bits per heavy atom. The minimum absolute atomic E-state index is 0.131. The summed E-state index contributed by atoms with van der Waals surface area (Å²) < 4.78 is 4.52. The van der Waals surface area contributed by atoms with Gasteiger partial charge in [0.1, 0.15) is 0 Å². The molecule has 7 heteroatoms. The molecule has 0 aromatic heterocycles. The number of allylic oxidation sites excluding steroid dienone is 1.